The van der Waals surface area contributed by atoms with Gasteiger partial charge in [0.15, 0.2) is 0 Å². The van der Waals surface area contributed by atoms with Crippen LogP contribution >= 0.6 is 0 Å². The Hall–Kier alpha value is -4.28. The lowest BCUT2D eigenvalue weighted by molar-refractivity contribution is -0.116. The van der Waals surface area contributed by atoms with Crippen LogP contribution in [0.5, 0.6) is 11.5 Å². The van der Waals surface area contributed by atoms with Crippen molar-refractivity contribution in [3.63, 3.8) is 0 Å². The number of hydrogen-bond donors (Lipinski definition) is 1. The smallest absolute Gasteiger partial charge is 0.263 e. The van der Waals surface area contributed by atoms with E-state index in [0.29, 0.717) is 17.1 Å². The molecule has 3 aromatic carbocycles. The summed E-state index contributed by atoms with van der Waals surface area (Å²) in [5.74, 6) is 0.462. The van der Waals surface area contributed by atoms with Crippen molar-refractivity contribution in [2.45, 2.75) is 11.4 Å². The minimum atomic E-state index is -4.08. The van der Waals surface area contributed by atoms with Gasteiger partial charge in [-0.05, 0) is 59.7 Å². The second kappa shape index (κ2) is 13.7. The van der Waals surface area contributed by atoms with Crippen LogP contribution < -0.4 is 10.1 Å². The lowest BCUT2D eigenvalue weighted by Crippen LogP contribution is -2.28. The minimum absolute atomic E-state index is 0.0365. The fraction of sp³-hybridized carbons (Fsp3) is 0.0370. The van der Waals surface area contributed by atoms with Crippen LogP contribution in [-0.4, -0.2) is 19.3 Å². The minimum Gasteiger partial charge on any atom is -0.457 e. The third-order valence-electron chi connectivity index (χ3n) is 4.88. The Kier molecular flexibility index (Phi) is 10.1. The van der Waals surface area contributed by atoms with Crippen LogP contribution in [0.4, 0.5) is 0 Å². The molecule has 0 aliphatic rings. The molecule has 190 valence electrons. The van der Waals surface area contributed by atoms with Gasteiger partial charge in [0.25, 0.3) is 5.91 Å². The van der Waals surface area contributed by atoms with Crippen molar-refractivity contribution in [3.8, 4) is 11.5 Å². The van der Waals surface area contributed by atoms with E-state index in [-0.39, 0.29) is 16.3 Å². The number of aromatic nitrogens is 1. The molecular formula is C27H23N2O6S2-. The van der Waals surface area contributed by atoms with Gasteiger partial charge in [-0.25, -0.2) is 8.42 Å². The normalized spacial score (nSPS) is 11.1. The van der Waals surface area contributed by atoms with Crippen LogP contribution in [-0.2, 0) is 41.2 Å². The second-order valence-corrected chi connectivity index (χ2v) is 9.50. The summed E-state index contributed by atoms with van der Waals surface area (Å²) in [6.07, 6.45) is 4.60. The van der Waals surface area contributed by atoms with Gasteiger partial charge in [0.1, 0.15) is 16.4 Å². The van der Waals surface area contributed by atoms with Gasteiger partial charge in [-0.2, -0.15) is 0 Å². The predicted molar refractivity (Wildman–Crippen MR) is 141 cm³/mol. The number of carbonyl (C=O) groups excluding carboxylic acids is 1. The molecule has 1 heterocycles. The van der Waals surface area contributed by atoms with Crippen molar-refractivity contribution in [2.24, 2.45) is 0 Å². The summed E-state index contributed by atoms with van der Waals surface area (Å²) < 4.78 is 49.3. The van der Waals surface area contributed by atoms with Crippen molar-refractivity contribution in [2.75, 3.05) is 0 Å². The zero-order chi connectivity index (χ0) is 26.5. The number of nitrogens with one attached hydrogen (secondary N) is 1. The number of ether oxygens (including phenoxy) is 1. The van der Waals surface area contributed by atoms with E-state index in [2.05, 4.69) is 10.3 Å². The van der Waals surface area contributed by atoms with Crippen LogP contribution in [0.3, 0.4) is 0 Å². The highest BCUT2D eigenvalue weighted by Gasteiger charge is 2.27. The van der Waals surface area contributed by atoms with Gasteiger partial charge >= 0.3 is 0 Å². The summed E-state index contributed by atoms with van der Waals surface area (Å²) in [7, 11) is -4.08. The van der Waals surface area contributed by atoms with Gasteiger partial charge in [-0.1, -0.05) is 66.2 Å². The van der Waals surface area contributed by atoms with Crippen molar-refractivity contribution in [1.29, 1.82) is 0 Å². The first-order valence-electron chi connectivity index (χ1n) is 10.9. The molecule has 0 aliphatic carbocycles. The molecule has 0 saturated heterocycles. The first kappa shape index (κ1) is 27.3. The Bertz CT molecular complexity index is 1490. The Morgan fingerprint density at radius 2 is 1.51 bits per heavy atom. The summed E-state index contributed by atoms with van der Waals surface area (Å²) in [5.41, 5.74) is 1.27. The van der Waals surface area contributed by atoms with E-state index < -0.39 is 27.3 Å². The molecular weight excluding hydrogens is 512 g/mol. The van der Waals surface area contributed by atoms with E-state index >= 15 is 0 Å². The maximum atomic E-state index is 13.4. The zero-order valence-corrected chi connectivity index (χ0v) is 21.1. The number of nitrogens with zero attached hydrogens (tertiary/aromatic N) is 1. The fourth-order valence-electron chi connectivity index (χ4n) is 3.21. The Labute approximate surface area is 218 Å². The second-order valence-electron chi connectivity index (χ2n) is 7.43. The molecule has 10 heteroatoms. The molecule has 0 fully saturated rings. The van der Waals surface area contributed by atoms with E-state index in [1.807, 2.05) is 30.3 Å². The van der Waals surface area contributed by atoms with Gasteiger partial charge < -0.3 is 18.5 Å². The maximum absolute atomic E-state index is 13.4. The first-order chi connectivity index (χ1) is 17.9. The number of carbonyl (C=O) groups is 1. The number of sulfone groups is 1. The van der Waals surface area contributed by atoms with Crippen molar-refractivity contribution < 1.29 is 26.4 Å². The Balaban J connectivity index is 0.00000121. The Morgan fingerprint density at radius 3 is 2.16 bits per heavy atom. The molecule has 1 N–H and O–H groups in total. The molecule has 0 aliphatic heterocycles. The van der Waals surface area contributed by atoms with E-state index in [1.165, 1.54) is 18.2 Å². The zero-order valence-electron chi connectivity index (χ0n) is 19.4. The van der Waals surface area contributed by atoms with Crippen molar-refractivity contribution >= 4 is 33.4 Å². The molecule has 0 saturated carbocycles. The molecule has 4 rings (SSSR count). The third kappa shape index (κ3) is 8.13. The summed E-state index contributed by atoms with van der Waals surface area (Å²) >= 11 is -1.08. The van der Waals surface area contributed by atoms with E-state index in [0.717, 1.165) is 5.56 Å². The van der Waals surface area contributed by atoms with E-state index in [1.54, 1.807) is 67.0 Å². The molecule has 0 radical (unpaired) electrons. The number of pyridine rings is 1. The lowest BCUT2D eigenvalue weighted by Gasteiger charge is -2.11. The molecule has 0 spiro atoms. The topological polar surface area (TPSA) is 119 Å². The van der Waals surface area contributed by atoms with Crippen LogP contribution in [0.1, 0.15) is 11.1 Å². The van der Waals surface area contributed by atoms with Gasteiger partial charge in [0.2, 0.25) is 9.84 Å². The van der Waals surface area contributed by atoms with Gasteiger partial charge in [-0.3, -0.25) is 9.78 Å². The SMILES string of the molecule is O=C(NCc1cccnc1)C(=Cc1cccc(Oc2ccccc2)c1)S(=O)(=O)c1ccccc1.O=[SH-]=O. The number of rotatable bonds is 8. The molecule has 0 bridgehead atoms. The van der Waals surface area contributed by atoms with Crippen LogP contribution in [0.25, 0.3) is 6.08 Å². The summed E-state index contributed by atoms with van der Waals surface area (Å²) in [4.78, 5) is 16.8. The number of hydrogen-bond acceptors (Lipinski definition) is 8. The maximum Gasteiger partial charge on any atom is 0.263 e. The average molecular weight is 536 g/mol. The lowest BCUT2D eigenvalue weighted by atomic mass is 10.2. The average Bonchev–Trinajstić information content (AvgIpc) is 2.93. The van der Waals surface area contributed by atoms with Gasteiger partial charge in [0, 0.05) is 18.9 Å². The quantitative estimate of drug-likeness (QED) is 0.200. The molecule has 1 aromatic heterocycles. The summed E-state index contributed by atoms with van der Waals surface area (Å²) in [6.45, 7) is 0.144. The predicted octanol–water partition coefficient (Wildman–Crippen LogP) is 4.50. The molecule has 0 unspecified atom stereocenters. The van der Waals surface area contributed by atoms with Crippen LogP contribution in [0, 0.1) is 0 Å². The molecule has 1 amide bonds. The highest BCUT2D eigenvalue weighted by Crippen LogP contribution is 2.26. The molecule has 37 heavy (non-hydrogen) atoms. The number of para-hydroxylation sites is 1. The monoisotopic (exact) mass is 535 g/mol. The van der Waals surface area contributed by atoms with Crippen molar-refractivity contribution in [3.05, 3.63) is 125 Å². The third-order valence-corrected chi connectivity index (χ3v) is 6.65. The van der Waals surface area contributed by atoms with Crippen LogP contribution in [0.2, 0.25) is 0 Å². The fourth-order valence-corrected chi connectivity index (χ4v) is 4.58. The highest BCUT2D eigenvalue weighted by atomic mass is 32.2. The first-order valence-corrected chi connectivity index (χ1v) is 13.1. The summed E-state index contributed by atoms with van der Waals surface area (Å²) in [5, 5.41) is 2.69. The van der Waals surface area contributed by atoms with Crippen molar-refractivity contribution in [1.82, 2.24) is 10.3 Å². The van der Waals surface area contributed by atoms with E-state index in [4.69, 9.17) is 13.2 Å². The Morgan fingerprint density at radius 1 is 0.865 bits per heavy atom. The molecule has 0 atom stereocenters. The van der Waals surface area contributed by atoms with Gasteiger partial charge in [0.05, 0.1) is 4.90 Å². The molecule has 4 aromatic rings. The van der Waals surface area contributed by atoms with Gasteiger partial charge in [-0.15, -0.1) is 0 Å². The van der Waals surface area contributed by atoms with Crippen LogP contribution in [0.15, 0.2) is 119 Å². The number of amides is 1. The summed E-state index contributed by atoms with van der Waals surface area (Å²) in [6, 6.07) is 27.6. The number of benzene rings is 3. The standard InChI is InChI=1S/C27H22N2O4S.HO2S/c30-27(29-20-22-10-8-16-28-19-22)26(34(31,32)25-14-5-2-6-15-25)18-21-9-7-13-24(17-21)33-23-11-3-1-4-12-23;1-3-2/h1-19H,20H2,(H,29,30);3H/q;-1. The van der Waals surface area contributed by atoms with E-state index in [9.17, 15) is 13.2 Å². The number of thiol groups is 1. The molecule has 8 nitrogen and oxygen atoms in total. The largest absolute Gasteiger partial charge is 0.457 e. The highest BCUT2D eigenvalue weighted by molar-refractivity contribution is 7.96.